The second kappa shape index (κ2) is 10.4. The average molecular weight is 237 g/mol. The Kier molecular flexibility index (Phi) is 9.16. The first-order valence-electron chi connectivity index (χ1n) is 4.69. The molecule has 5 heteroatoms. The van der Waals surface area contributed by atoms with E-state index in [0.29, 0.717) is 11.5 Å². The number of para-hydroxylation sites is 2. The number of aromatic hydroxyl groups is 2. The lowest BCUT2D eigenvalue weighted by Gasteiger charge is -1.82. The lowest BCUT2D eigenvalue weighted by molar-refractivity contribution is -0.247. The zero-order valence-electron chi connectivity index (χ0n) is 9.10. The van der Waals surface area contributed by atoms with Crippen LogP contribution in [0, 0.1) is 0 Å². The molecule has 0 aliphatic heterocycles. The topological polar surface area (TPSA) is 95.9 Å². The normalized spacial score (nSPS) is 8.12. The lowest BCUT2D eigenvalue weighted by Crippen LogP contribution is -1.87. The maximum atomic E-state index is 8.63. The third kappa shape index (κ3) is 10.2. The highest BCUT2D eigenvalue weighted by molar-refractivity contribution is 5.19. The standard InChI is InChI=1S/2C6H6O.H3NO2/c2*7-6-4-2-1-3-5-6;1-3-2/h2*1-5,7H;2H,1H2. The molecule has 2 aromatic carbocycles. The van der Waals surface area contributed by atoms with Gasteiger partial charge in [0.15, 0.2) is 0 Å². The van der Waals surface area contributed by atoms with E-state index in [-0.39, 0.29) is 0 Å². The Bertz CT molecular complexity index is 329. The van der Waals surface area contributed by atoms with Crippen molar-refractivity contribution in [2.24, 2.45) is 5.90 Å². The molecule has 0 bridgehead atoms. The van der Waals surface area contributed by atoms with Crippen molar-refractivity contribution in [3.63, 3.8) is 0 Å². The molecule has 0 fully saturated rings. The Morgan fingerprint density at radius 1 is 0.706 bits per heavy atom. The molecule has 17 heavy (non-hydrogen) atoms. The van der Waals surface area contributed by atoms with Gasteiger partial charge in [-0.1, -0.05) is 36.4 Å². The monoisotopic (exact) mass is 237 g/mol. The summed E-state index contributed by atoms with van der Waals surface area (Å²) in [6.07, 6.45) is 0. The van der Waals surface area contributed by atoms with E-state index in [9.17, 15) is 0 Å². The molecule has 5 N–H and O–H groups in total. The lowest BCUT2D eigenvalue weighted by atomic mass is 10.3. The van der Waals surface area contributed by atoms with Gasteiger partial charge in [0.1, 0.15) is 11.5 Å². The first kappa shape index (κ1) is 14.9. The fourth-order valence-corrected chi connectivity index (χ4v) is 0.856. The Balaban J connectivity index is 0.000000247. The van der Waals surface area contributed by atoms with Crippen LogP contribution in [0.15, 0.2) is 60.7 Å². The van der Waals surface area contributed by atoms with E-state index >= 15 is 0 Å². The Labute approximate surface area is 99.2 Å². The summed E-state index contributed by atoms with van der Waals surface area (Å²) in [5.74, 6) is 4.55. The van der Waals surface area contributed by atoms with Gasteiger partial charge in [-0.3, -0.25) is 0 Å². The van der Waals surface area contributed by atoms with E-state index in [4.69, 9.17) is 15.5 Å². The molecule has 0 aliphatic carbocycles. The quantitative estimate of drug-likeness (QED) is 0.416. The van der Waals surface area contributed by atoms with Crippen molar-refractivity contribution in [1.82, 2.24) is 0 Å². The van der Waals surface area contributed by atoms with Gasteiger partial charge in [0.2, 0.25) is 0 Å². The fourth-order valence-electron chi connectivity index (χ4n) is 0.856. The number of rotatable bonds is 0. The van der Waals surface area contributed by atoms with E-state index in [1.54, 1.807) is 48.5 Å². The van der Waals surface area contributed by atoms with Gasteiger partial charge in [0.05, 0.1) is 0 Å². The predicted octanol–water partition coefficient (Wildman–Crippen LogP) is 2.13. The van der Waals surface area contributed by atoms with Crippen molar-refractivity contribution in [2.45, 2.75) is 0 Å². The predicted molar refractivity (Wildman–Crippen MR) is 64.1 cm³/mol. The molecule has 0 unspecified atom stereocenters. The summed E-state index contributed by atoms with van der Waals surface area (Å²) < 4.78 is 0. The Morgan fingerprint density at radius 3 is 1.06 bits per heavy atom. The van der Waals surface area contributed by atoms with Gasteiger partial charge in [0, 0.05) is 0 Å². The minimum absolute atomic E-state index is 0.322. The van der Waals surface area contributed by atoms with Crippen molar-refractivity contribution in [3.8, 4) is 11.5 Å². The summed E-state index contributed by atoms with van der Waals surface area (Å²) >= 11 is 0. The average Bonchev–Trinajstić information content (AvgIpc) is 2.33. The third-order valence-electron chi connectivity index (χ3n) is 1.51. The van der Waals surface area contributed by atoms with E-state index in [2.05, 4.69) is 10.9 Å². The molecule has 92 valence electrons. The van der Waals surface area contributed by atoms with Crippen LogP contribution in [0.25, 0.3) is 0 Å². The molecule has 0 aliphatic rings. The molecular formula is C12H15NO4. The van der Waals surface area contributed by atoms with Gasteiger partial charge in [-0.2, -0.15) is 5.90 Å². The number of nitrogens with two attached hydrogens (primary N) is 1. The zero-order chi connectivity index (χ0) is 12.9. The van der Waals surface area contributed by atoms with Gasteiger partial charge in [-0.15, -0.1) is 4.99 Å². The van der Waals surface area contributed by atoms with E-state index in [0.717, 1.165) is 0 Å². The summed E-state index contributed by atoms with van der Waals surface area (Å²) in [6.45, 7) is 0. The van der Waals surface area contributed by atoms with Crippen LogP contribution in [0.5, 0.6) is 11.5 Å². The van der Waals surface area contributed by atoms with Crippen LogP contribution in [0.2, 0.25) is 0 Å². The minimum atomic E-state index is 0.322. The summed E-state index contributed by atoms with van der Waals surface area (Å²) in [5, 5.41) is 24.1. The van der Waals surface area contributed by atoms with Crippen LogP contribution in [0.3, 0.4) is 0 Å². The zero-order valence-corrected chi connectivity index (χ0v) is 9.10. The van der Waals surface area contributed by atoms with Crippen LogP contribution in [-0.2, 0) is 4.99 Å². The molecule has 0 heterocycles. The molecule has 0 radical (unpaired) electrons. The van der Waals surface area contributed by atoms with E-state index in [1.807, 2.05) is 12.1 Å². The van der Waals surface area contributed by atoms with Crippen molar-refractivity contribution in [3.05, 3.63) is 60.7 Å². The molecular weight excluding hydrogens is 222 g/mol. The van der Waals surface area contributed by atoms with Crippen LogP contribution >= 0.6 is 0 Å². The van der Waals surface area contributed by atoms with E-state index < -0.39 is 0 Å². The molecule has 2 rings (SSSR count). The van der Waals surface area contributed by atoms with Crippen molar-refractivity contribution >= 4 is 0 Å². The number of benzene rings is 2. The van der Waals surface area contributed by atoms with Crippen LogP contribution < -0.4 is 5.90 Å². The van der Waals surface area contributed by atoms with Gasteiger partial charge < -0.3 is 10.2 Å². The van der Waals surface area contributed by atoms with Crippen molar-refractivity contribution < 1.29 is 20.5 Å². The molecule has 5 nitrogen and oxygen atoms in total. The third-order valence-corrected chi connectivity index (χ3v) is 1.51. The molecule has 0 spiro atoms. The van der Waals surface area contributed by atoms with Gasteiger partial charge in [-0.25, -0.2) is 5.26 Å². The summed E-state index contributed by atoms with van der Waals surface area (Å²) in [5.41, 5.74) is 0. The van der Waals surface area contributed by atoms with Crippen molar-refractivity contribution in [2.75, 3.05) is 0 Å². The Morgan fingerprint density at radius 2 is 0.941 bits per heavy atom. The first-order chi connectivity index (χ1) is 8.20. The fraction of sp³-hybridized carbons (Fsp3) is 0. The smallest absolute Gasteiger partial charge is 0.115 e. The highest BCUT2D eigenvalue weighted by Gasteiger charge is 1.75. The maximum absolute atomic E-state index is 8.63. The van der Waals surface area contributed by atoms with E-state index in [1.165, 1.54) is 0 Å². The second-order valence-corrected chi connectivity index (χ2v) is 2.78. The minimum Gasteiger partial charge on any atom is -0.508 e. The van der Waals surface area contributed by atoms with Gasteiger partial charge in [0.25, 0.3) is 0 Å². The largest absolute Gasteiger partial charge is 0.508 e. The van der Waals surface area contributed by atoms with Crippen molar-refractivity contribution in [1.29, 1.82) is 0 Å². The van der Waals surface area contributed by atoms with Crippen LogP contribution in [0.1, 0.15) is 0 Å². The second-order valence-electron chi connectivity index (χ2n) is 2.78. The molecule has 0 saturated carbocycles. The highest BCUT2D eigenvalue weighted by atomic mass is 17.2. The number of phenols is 2. The summed E-state index contributed by atoms with van der Waals surface area (Å²) in [7, 11) is 0. The highest BCUT2D eigenvalue weighted by Crippen LogP contribution is 2.03. The molecule has 0 atom stereocenters. The summed E-state index contributed by atoms with van der Waals surface area (Å²) in [6, 6.07) is 17.4. The number of phenolic OH excluding ortho intramolecular Hbond substituents is 2. The molecule has 0 saturated heterocycles. The van der Waals surface area contributed by atoms with Crippen LogP contribution in [0.4, 0.5) is 0 Å². The summed E-state index contributed by atoms with van der Waals surface area (Å²) in [4.78, 5) is 2.75. The first-order valence-corrected chi connectivity index (χ1v) is 4.69. The molecule has 2 aromatic rings. The maximum Gasteiger partial charge on any atom is 0.115 e. The Hall–Kier alpha value is -2.08. The molecule has 0 aromatic heterocycles. The van der Waals surface area contributed by atoms with Gasteiger partial charge in [-0.05, 0) is 24.3 Å². The van der Waals surface area contributed by atoms with Crippen LogP contribution in [-0.4, -0.2) is 15.5 Å². The molecule has 0 amide bonds. The number of hydrogen-bond acceptors (Lipinski definition) is 5. The number of hydrogen-bond donors (Lipinski definition) is 4. The van der Waals surface area contributed by atoms with Gasteiger partial charge >= 0.3 is 0 Å². The SMILES string of the molecule is NOO.Oc1ccccc1.Oc1ccccc1.